The van der Waals surface area contributed by atoms with Gasteiger partial charge in [-0.1, -0.05) is 0 Å². The number of carbonyl (C=O) groups is 1. The highest BCUT2D eigenvalue weighted by molar-refractivity contribution is 7.11. The van der Waals surface area contributed by atoms with Gasteiger partial charge >= 0.3 is 6.03 Å². The highest BCUT2D eigenvalue weighted by atomic mass is 32.1. The van der Waals surface area contributed by atoms with E-state index in [1.165, 1.54) is 0 Å². The Labute approximate surface area is 138 Å². The maximum atomic E-state index is 12.5. The van der Waals surface area contributed by atoms with E-state index in [1.54, 1.807) is 27.0 Å². The number of carbonyl (C=O) groups excluding carboxylic acids is 1. The smallest absolute Gasteiger partial charge is 0.318 e. The van der Waals surface area contributed by atoms with Crippen molar-refractivity contribution in [3.05, 3.63) is 33.0 Å². The highest BCUT2D eigenvalue weighted by Crippen LogP contribution is 2.23. The van der Waals surface area contributed by atoms with Crippen molar-refractivity contribution in [3.63, 3.8) is 0 Å². The molecule has 2 aromatic rings. The summed E-state index contributed by atoms with van der Waals surface area (Å²) in [4.78, 5) is 19.8. The van der Waals surface area contributed by atoms with Gasteiger partial charge < -0.3 is 10.2 Å². The van der Waals surface area contributed by atoms with E-state index < -0.39 is 0 Å². The van der Waals surface area contributed by atoms with Gasteiger partial charge in [0.15, 0.2) is 5.69 Å². The Morgan fingerprint density at radius 1 is 1.48 bits per heavy atom. The molecule has 120 valence electrons. The van der Waals surface area contributed by atoms with Crippen molar-refractivity contribution >= 4 is 17.4 Å². The molecule has 0 fully saturated rings. The summed E-state index contributed by atoms with van der Waals surface area (Å²) >= 11 is 1.64. The van der Waals surface area contributed by atoms with E-state index in [-0.39, 0.29) is 12.1 Å². The van der Waals surface area contributed by atoms with Crippen LogP contribution in [0.4, 0.5) is 4.79 Å². The van der Waals surface area contributed by atoms with Gasteiger partial charge in [-0.05, 0) is 26.8 Å². The third kappa shape index (κ3) is 3.05. The molecule has 0 bridgehead atoms. The number of rotatable bonds is 2. The van der Waals surface area contributed by atoms with Crippen LogP contribution in [-0.2, 0) is 13.1 Å². The fourth-order valence-corrected chi connectivity index (χ4v) is 3.70. The molecule has 3 rings (SSSR count). The molecule has 0 saturated heterocycles. The van der Waals surface area contributed by atoms with Gasteiger partial charge in [0.1, 0.15) is 6.07 Å². The number of hydrogen-bond acceptors (Lipinski definition) is 5. The number of nitrogens with zero attached hydrogens (tertiary/aromatic N) is 5. The second-order valence-electron chi connectivity index (χ2n) is 5.62. The number of aryl methyl sites for hydroxylation is 2. The number of hydrogen-bond donors (Lipinski definition) is 1. The first-order valence-corrected chi connectivity index (χ1v) is 8.25. The number of thiazole rings is 1. The number of amides is 2. The summed E-state index contributed by atoms with van der Waals surface area (Å²) in [5.74, 6) is 0. The highest BCUT2D eigenvalue weighted by Gasteiger charge is 2.24. The van der Waals surface area contributed by atoms with Gasteiger partial charge in [-0.15, -0.1) is 11.3 Å². The molecule has 2 aromatic heterocycles. The van der Waals surface area contributed by atoms with Gasteiger partial charge in [-0.2, -0.15) is 10.4 Å². The number of nitriles is 1. The van der Waals surface area contributed by atoms with E-state index in [0.717, 1.165) is 21.3 Å². The van der Waals surface area contributed by atoms with E-state index in [4.69, 9.17) is 5.26 Å². The zero-order valence-electron chi connectivity index (χ0n) is 13.3. The average Bonchev–Trinajstić information content (AvgIpc) is 3.08. The molecule has 1 atom stereocenters. The summed E-state index contributed by atoms with van der Waals surface area (Å²) in [6, 6.07) is 3.52. The van der Waals surface area contributed by atoms with Crippen molar-refractivity contribution in [2.75, 3.05) is 6.54 Å². The van der Waals surface area contributed by atoms with E-state index >= 15 is 0 Å². The molecule has 8 heteroatoms. The molecule has 0 unspecified atom stereocenters. The lowest BCUT2D eigenvalue weighted by molar-refractivity contribution is 0.178. The molecule has 0 saturated carbocycles. The molecule has 1 N–H and O–H groups in total. The molecule has 3 heterocycles. The predicted molar refractivity (Wildman–Crippen MR) is 85.9 cm³/mol. The van der Waals surface area contributed by atoms with Crippen molar-refractivity contribution in [3.8, 4) is 6.07 Å². The van der Waals surface area contributed by atoms with Crippen LogP contribution in [0.3, 0.4) is 0 Å². The maximum absolute atomic E-state index is 12.5. The standard InChI is InChI=1S/C15H18N6OS/c1-9(14-10(2)23-11(3)18-14)17-15(22)20-4-5-21-13(8-20)6-12(7-16)19-21/h6,9H,4-5,8H2,1-3H3,(H,17,22)/t9-/m1/s1. The lowest BCUT2D eigenvalue weighted by atomic mass is 10.2. The maximum Gasteiger partial charge on any atom is 0.318 e. The van der Waals surface area contributed by atoms with Gasteiger partial charge in [-0.3, -0.25) is 4.68 Å². The average molecular weight is 330 g/mol. The quantitative estimate of drug-likeness (QED) is 0.913. The Bertz CT molecular complexity index is 786. The minimum absolute atomic E-state index is 0.117. The number of nitrogens with one attached hydrogen (secondary N) is 1. The van der Waals surface area contributed by atoms with Gasteiger partial charge in [0.2, 0.25) is 0 Å². The fourth-order valence-electron chi connectivity index (χ4n) is 2.79. The van der Waals surface area contributed by atoms with E-state index in [9.17, 15) is 4.79 Å². The van der Waals surface area contributed by atoms with Crippen LogP contribution in [-0.4, -0.2) is 32.2 Å². The zero-order chi connectivity index (χ0) is 16.6. The zero-order valence-corrected chi connectivity index (χ0v) is 14.1. The van der Waals surface area contributed by atoms with Crippen LogP contribution in [0.2, 0.25) is 0 Å². The summed E-state index contributed by atoms with van der Waals surface area (Å²) < 4.78 is 1.79. The largest absolute Gasteiger partial charge is 0.330 e. The Kier molecular flexibility index (Phi) is 4.05. The van der Waals surface area contributed by atoms with E-state index in [2.05, 4.69) is 15.4 Å². The van der Waals surface area contributed by atoms with Gasteiger partial charge in [-0.25, -0.2) is 9.78 Å². The van der Waals surface area contributed by atoms with Crippen molar-refractivity contribution < 1.29 is 4.79 Å². The first-order valence-electron chi connectivity index (χ1n) is 7.44. The van der Waals surface area contributed by atoms with Crippen LogP contribution in [0.25, 0.3) is 0 Å². The summed E-state index contributed by atoms with van der Waals surface area (Å²) in [5.41, 5.74) is 2.20. The summed E-state index contributed by atoms with van der Waals surface area (Å²) in [6.07, 6.45) is 0. The summed E-state index contributed by atoms with van der Waals surface area (Å²) in [5, 5.41) is 17.1. The Balaban J connectivity index is 1.67. The van der Waals surface area contributed by atoms with Gasteiger partial charge in [0.05, 0.1) is 35.5 Å². The molecule has 0 aliphatic carbocycles. The third-order valence-electron chi connectivity index (χ3n) is 3.89. The second-order valence-corrected chi connectivity index (χ2v) is 7.03. The molecule has 0 aromatic carbocycles. The van der Waals surface area contributed by atoms with Crippen LogP contribution in [0.1, 0.15) is 39.9 Å². The summed E-state index contributed by atoms with van der Waals surface area (Å²) in [6.45, 7) is 7.57. The fraction of sp³-hybridized carbons (Fsp3) is 0.467. The first-order chi connectivity index (χ1) is 11.0. The molecular formula is C15H18N6OS. The number of urea groups is 1. The molecule has 1 aliphatic heterocycles. The van der Waals surface area contributed by atoms with E-state index in [0.29, 0.717) is 25.3 Å². The molecule has 7 nitrogen and oxygen atoms in total. The van der Waals surface area contributed by atoms with Gasteiger partial charge in [0, 0.05) is 11.4 Å². The predicted octanol–water partition coefficient (Wildman–Crippen LogP) is 2.11. The van der Waals surface area contributed by atoms with Gasteiger partial charge in [0.25, 0.3) is 0 Å². The Morgan fingerprint density at radius 3 is 2.91 bits per heavy atom. The lowest BCUT2D eigenvalue weighted by Crippen LogP contribution is -2.45. The molecule has 23 heavy (non-hydrogen) atoms. The molecule has 0 radical (unpaired) electrons. The lowest BCUT2D eigenvalue weighted by Gasteiger charge is -2.29. The molecule has 0 spiro atoms. The van der Waals surface area contributed by atoms with Crippen LogP contribution < -0.4 is 5.32 Å². The van der Waals surface area contributed by atoms with Crippen molar-refractivity contribution in [2.24, 2.45) is 0 Å². The minimum Gasteiger partial charge on any atom is -0.330 e. The number of fused-ring (bicyclic) bond motifs is 1. The molecular weight excluding hydrogens is 312 g/mol. The monoisotopic (exact) mass is 330 g/mol. The SMILES string of the molecule is Cc1nc([C@@H](C)NC(=O)N2CCn3nc(C#N)cc3C2)c(C)s1. The number of aromatic nitrogens is 3. The first kappa shape index (κ1) is 15.5. The topological polar surface area (TPSA) is 86.8 Å². The van der Waals surface area contributed by atoms with Crippen LogP contribution in [0.15, 0.2) is 6.07 Å². The van der Waals surface area contributed by atoms with Crippen molar-refractivity contribution in [1.29, 1.82) is 5.26 Å². The van der Waals surface area contributed by atoms with Crippen molar-refractivity contribution in [2.45, 2.75) is 39.9 Å². The van der Waals surface area contributed by atoms with E-state index in [1.807, 2.05) is 26.8 Å². The summed E-state index contributed by atoms with van der Waals surface area (Å²) in [7, 11) is 0. The third-order valence-corrected chi connectivity index (χ3v) is 4.79. The second kappa shape index (κ2) is 6.01. The minimum atomic E-state index is -0.131. The molecule has 2 amide bonds. The molecule has 1 aliphatic rings. The van der Waals surface area contributed by atoms with Crippen LogP contribution >= 0.6 is 11.3 Å². The Hall–Kier alpha value is -2.40. The van der Waals surface area contributed by atoms with Crippen LogP contribution in [0.5, 0.6) is 0 Å². The Morgan fingerprint density at radius 2 is 2.26 bits per heavy atom. The normalized spacial score (nSPS) is 15.0. The van der Waals surface area contributed by atoms with Crippen LogP contribution in [0, 0.1) is 25.2 Å². The van der Waals surface area contributed by atoms with Crippen molar-refractivity contribution in [1.82, 2.24) is 25.0 Å².